The van der Waals surface area contributed by atoms with E-state index in [4.69, 9.17) is 0 Å². The van der Waals surface area contributed by atoms with Gasteiger partial charge >= 0.3 is 0 Å². The molecular weight excluding hydrogens is 416 g/mol. The van der Waals surface area contributed by atoms with Gasteiger partial charge in [0.05, 0.1) is 30.8 Å². The van der Waals surface area contributed by atoms with Crippen molar-refractivity contribution < 1.29 is 8.42 Å². The van der Waals surface area contributed by atoms with E-state index in [0.29, 0.717) is 24.6 Å². The number of fused-ring (bicyclic) bond motifs is 1. The van der Waals surface area contributed by atoms with Gasteiger partial charge in [0.2, 0.25) is 10.0 Å². The molecule has 1 saturated heterocycles. The Kier molecular flexibility index (Phi) is 4.53. The number of imidazole rings is 1. The van der Waals surface area contributed by atoms with Crippen molar-refractivity contribution in [1.29, 1.82) is 5.26 Å². The Balaban J connectivity index is 1.36. The molecule has 0 bridgehead atoms. The third-order valence-corrected chi connectivity index (χ3v) is 6.77. The van der Waals surface area contributed by atoms with Crippen molar-refractivity contribution in [1.82, 2.24) is 34.0 Å². The number of nitriles is 1. The van der Waals surface area contributed by atoms with Gasteiger partial charge in [-0.15, -0.1) is 0 Å². The van der Waals surface area contributed by atoms with E-state index >= 15 is 0 Å². The molecule has 0 spiro atoms. The lowest BCUT2D eigenvalue weighted by molar-refractivity contribution is 0.188. The normalized spacial score (nSPS) is 16.1. The van der Waals surface area contributed by atoms with Crippen LogP contribution in [0.5, 0.6) is 0 Å². The molecule has 1 atom stereocenters. The molecule has 156 valence electrons. The summed E-state index contributed by atoms with van der Waals surface area (Å²) in [7, 11) is -3.21. The zero-order valence-corrected chi connectivity index (χ0v) is 17.4. The highest BCUT2D eigenvalue weighted by atomic mass is 32.2. The quantitative estimate of drug-likeness (QED) is 0.505. The first-order valence-electron chi connectivity index (χ1n) is 9.58. The molecule has 11 heteroatoms. The molecule has 0 saturated carbocycles. The highest BCUT2D eigenvalue weighted by Crippen LogP contribution is 2.33. The standard InChI is InChI=1S/C20H18N8O2S/c1-31(29,30)27-9-15(10-27)17(6-21)13-2-3-18(23-7-13)28-11-14(8-26-28)16-4-5-22-20-19(16)24-12-25-20/h2-5,7-8,11-12,15,17H,9-10H2,1H3,(H,22,24,25). The van der Waals surface area contributed by atoms with Crippen molar-refractivity contribution in [3.63, 3.8) is 0 Å². The summed E-state index contributed by atoms with van der Waals surface area (Å²) in [6.45, 7) is 0.712. The lowest BCUT2D eigenvalue weighted by Crippen LogP contribution is -2.51. The number of aromatic nitrogens is 6. The minimum atomic E-state index is -3.21. The molecule has 4 aromatic heterocycles. The average molecular weight is 434 g/mol. The molecule has 0 aliphatic carbocycles. The number of aromatic amines is 1. The summed E-state index contributed by atoms with van der Waals surface area (Å²) >= 11 is 0. The van der Waals surface area contributed by atoms with Gasteiger partial charge in [0, 0.05) is 48.7 Å². The average Bonchev–Trinajstić information content (AvgIpc) is 3.38. The van der Waals surface area contributed by atoms with E-state index in [9.17, 15) is 13.7 Å². The molecular formula is C20H18N8O2S. The molecule has 0 amide bonds. The summed E-state index contributed by atoms with van der Waals surface area (Å²) in [6, 6.07) is 7.83. The topological polar surface area (TPSA) is 133 Å². The predicted octanol–water partition coefficient (Wildman–Crippen LogP) is 1.70. The van der Waals surface area contributed by atoms with E-state index in [1.54, 1.807) is 35.7 Å². The van der Waals surface area contributed by atoms with Crippen LogP contribution in [0.2, 0.25) is 0 Å². The van der Waals surface area contributed by atoms with Crippen LogP contribution in [0.3, 0.4) is 0 Å². The van der Waals surface area contributed by atoms with Crippen LogP contribution in [-0.2, 0) is 10.0 Å². The van der Waals surface area contributed by atoms with Gasteiger partial charge < -0.3 is 4.98 Å². The summed E-state index contributed by atoms with van der Waals surface area (Å²) in [5.74, 6) is 0.175. The molecule has 1 aliphatic rings. The van der Waals surface area contributed by atoms with Crippen LogP contribution in [0.1, 0.15) is 11.5 Å². The molecule has 10 nitrogen and oxygen atoms in total. The largest absolute Gasteiger partial charge is 0.329 e. The van der Waals surface area contributed by atoms with E-state index in [1.807, 2.05) is 18.3 Å². The van der Waals surface area contributed by atoms with Crippen LogP contribution in [0.4, 0.5) is 0 Å². The van der Waals surface area contributed by atoms with Crippen molar-refractivity contribution in [3.8, 4) is 23.0 Å². The fourth-order valence-electron chi connectivity index (χ4n) is 3.79. The molecule has 5 rings (SSSR count). The molecule has 31 heavy (non-hydrogen) atoms. The van der Waals surface area contributed by atoms with Gasteiger partial charge in [-0.25, -0.2) is 32.4 Å². The lowest BCUT2D eigenvalue weighted by Gasteiger charge is -2.39. The second-order valence-electron chi connectivity index (χ2n) is 7.53. The molecule has 0 radical (unpaired) electrons. The number of hydrogen-bond acceptors (Lipinski definition) is 7. The zero-order valence-electron chi connectivity index (χ0n) is 16.5. The molecule has 1 aliphatic heterocycles. The Bertz CT molecular complexity index is 1390. The Morgan fingerprint density at radius 2 is 2.03 bits per heavy atom. The number of pyridine rings is 2. The number of nitrogens with zero attached hydrogens (tertiary/aromatic N) is 7. The molecule has 4 aromatic rings. The molecule has 0 aromatic carbocycles. The Hall–Kier alpha value is -3.62. The van der Waals surface area contributed by atoms with Crippen molar-refractivity contribution in [3.05, 3.63) is 54.9 Å². The summed E-state index contributed by atoms with van der Waals surface area (Å²) in [6.07, 6.45) is 9.77. The fraction of sp³-hybridized carbons (Fsp3) is 0.250. The van der Waals surface area contributed by atoms with Crippen LogP contribution >= 0.6 is 0 Å². The van der Waals surface area contributed by atoms with Gasteiger partial charge in [0.25, 0.3) is 0 Å². The molecule has 1 fully saturated rings. The zero-order chi connectivity index (χ0) is 21.6. The maximum atomic E-state index is 11.6. The monoisotopic (exact) mass is 434 g/mol. The molecule has 5 heterocycles. The summed E-state index contributed by atoms with van der Waals surface area (Å²) < 4.78 is 26.2. The Morgan fingerprint density at radius 1 is 1.19 bits per heavy atom. The minimum absolute atomic E-state index is 0.0355. The van der Waals surface area contributed by atoms with Crippen LogP contribution in [-0.4, -0.2) is 61.8 Å². The van der Waals surface area contributed by atoms with Gasteiger partial charge in [0.1, 0.15) is 5.52 Å². The van der Waals surface area contributed by atoms with E-state index in [-0.39, 0.29) is 5.92 Å². The maximum Gasteiger partial charge on any atom is 0.211 e. The smallest absolute Gasteiger partial charge is 0.211 e. The highest BCUT2D eigenvalue weighted by molar-refractivity contribution is 7.88. The van der Waals surface area contributed by atoms with Crippen LogP contribution in [0, 0.1) is 17.2 Å². The van der Waals surface area contributed by atoms with Crippen molar-refractivity contribution in [2.45, 2.75) is 5.92 Å². The Labute approximate surface area is 178 Å². The minimum Gasteiger partial charge on any atom is -0.329 e. The summed E-state index contributed by atoms with van der Waals surface area (Å²) in [5.41, 5.74) is 4.05. The predicted molar refractivity (Wildman–Crippen MR) is 113 cm³/mol. The number of hydrogen-bond donors (Lipinski definition) is 1. The SMILES string of the molecule is CS(=O)(=O)N1CC(C(C#N)c2ccc(-n3cc(-c4ccnc5[nH]cnc45)cn3)nc2)C1. The number of rotatable bonds is 5. The first-order valence-corrected chi connectivity index (χ1v) is 11.4. The summed E-state index contributed by atoms with van der Waals surface area (Å²) in [5, 5.41) is 14.0. The number of sulfonamides is 1. The van der Waals surface area contributed by atoms with Gasteiger partial charge in [-0.1, -0.05) is 6.07 Å². The Morgan fingerprint density at radius 3 is 2.74 bits per heavy atom. The highest BCUT2D eigenvalue weighted by Gasteiger charge is 2.39. The van der Waals surface area contributed by atoms with E-state index in [2.05, 4.69) is 31.1 Å². The van der Waals surface area contributed by atoms with Gasteiger partial charge in [0.15, 0.2) is 11.5 Å². The first kappa shape index (κ1) is 19.3. The maximum absolute atomic E-state index is 11.6. The van der Waals surface area contributed by atoms with Crippen molar-refractivity contribution >= 4 is 21.2 Å². The van der Waals surface area contributed by atoms with Gasteiger partial charge in [-0.3, -0.25) is 0 Å². The second-order valence-corrected chi connectivity index (χ2v) is 9.51. The summed E-state index contributed by atoms with van der Waals surface area (Å²) in [4.78, 5) is 16.0. The number of H-pyrrole nitrogens is 1. The van der Waals surface area contributed by atoms with E-state index in [0.717, 1.165) is 22.2 Å². The van der Waals surface area contributed by atoms with Crippen LogP contribution < -0.4 is 0 Å². The van der Waals surface area contributed by atoms with Gasteiger partial charge in [-0.2, -0.15) is 10.4 Å². The third kappa shape index (κ3) is 3.45. The van der Waals surface area contributed by atoms with Crippen LogP contribution in [0.15, 0.2) is 49.3 Å². The van der Waals surface area contributed by atoms with Crippen molar-refractivity contribution in [2.75, 3.05) is 19.3 Å². The van der Waals surface area contributed by atoms with Crippen molar-refractivity contribution in [2.24, 2.45) is 5.92 Å². The van der Waals surface area contributed by atoms with Crippen LogP contribution in [0.25, 0.3) is 28.1 Å². The van der Waals surface area contributed by atoms with E-state index < -0.39 is 15.9 Å². The van der Waals surface area contributed by atoms with E-state index in [1.165, 1.54) is 10.6 Å². The first-order chi connectivity index (χ1) is 14.9. The van der Waals surface area contributed by atoms with Gasteiger partial charge in [-0.05, 0) is 17.7 Å². The molecule has 1 N–H and O–H groups in total. The lowest BCUT2D eigenvalue weighted by atomic mass is 9.84. The second kappa shape index (κ2) is 7.26. The number of nitrogens with one attached hydrogen (secondary N) is 1. The molecule has 1 unspecified atom stereocenters. The third-order valence-electron chi connectivity index (χ3n) is 5.53. The fourth-order valence-corrected chi connectivity index (χ4v) is 4.71.